The number of H-pyrrole nitrogens is 1. The van der Waals surface area contributed by atoms with Crippen molar-refractivity contribution in [3.05, 3.63) is 33.6 Å². The van der Waals surface area contributed by atoms with Crippen LogP contribution in [-0.4, -0.2) is 56.4 Å². The minimum absolute atomic E-state index is 0.176. The molecule has 1 saturated heterocycles. The molecule has 1 amide bonds. The summed E-state index contributed by atoms with van der Waals surface area (Å²) in [5, 5.41) is 15.4. The summed E-state index contributed by atoms with van der Waals surface area (Å²) in [4.78, 5) is 28.3. The molecule has 10 heteroatoms. The predicted molar refractivity (Wildman–Crippen MR) is 102 cm³/mol. The standard InChI is InChI=1S/C16H20Cl2N4O3S/c1-8-9(17)5-12(20-8)14(23)21-11-3-4-22(7-10(11)18)16(2)19-6-13(26-16)15(24)25/h5-6,10-11,19-20H,3-4,7H2,1-2H3,(H,21,23)(H,24,25). The Labute approximate surface area is 165 Å². The lowest BCUT2D eigenvalue weighted by molar-refractivity contribution is -0.131. The lowest BCUT2D eigenvalue weighted by atomic mass is 10.0. The van der Waals surface area contributed by atoms with E-state index < -0.39 is 11.0 Å². The molecule has 7 nitrogen and oxygen atoms in total. The first-order valence-electron chi connectivity index (χ1n) is 8.15. The van der Waals surface area contributed by atoms with E-state index in [9.17, 15) is 9.59 Å². The molecule has 2 aliphatic heterocycles. The van der Waals surface area contributed by atoms with Gasteiger partial charge in [0.25, 0.3) is 5.91 Å². The van der Waals surface area contributed by atoms with E-state index in [-0.39, 0.29) is 22.2 Å². The fourth-order valence-corrected chi connectivity index (χ4v) is 4.65. The number of nitrogens with one attached hydrogen (secondary N) is 3. The number of likely N-dealkylation sites (tertiary alicyclic amines) is 1. The lowest BCUT2D eigenvalue weighted by Gasteiger charge is -2.44. The molecule has 0 aliphatic carbocycles. The molecule has 1 aromatic rings. The SMILES string of the molecule is Cc1[nH]c(C(=O)NC2CCN(C3(C)NC=C(C(=O)O)S3)CC2Cl)cc1Cl. The Morgan fingerprint density at radius 1 is 1.50 bits per heavy atom. The minimum atomic E-state index is -0.948. The Balaban J connectivity index is 1.59. The Kier molecular flexibility index (Phi) is 5.48. The van der Waals surface area contributed by atoms with Crippen molar-refractivity contribution in [2.45, 2.75) is 36.7 Å². The second kappa shape index (κ2) is 7.34. The Morgan fingerprint density at radius 2 is 2.23 bits per heavy atom. The van der Waals surface area contributed by atoms with Gasteiger partial charge in [-0.1, -0.05) is 23.4 Å². The maximum absolute atomic E-state index is 12.4. The van der Waals surface area contributed by atoms with Gasteiger partial charge in [-0.15, -0.1) is 11.6 Å². The highest BCUT2D eigenvalue weighted by molar-refractivity contribution is 8.05. The zero-order chi connectivity index (χ0) is 19.1. The van der Waals surface area contributed by atoms with E-state index in [1.807, 2.05) is 6.92 Å². The molecule has 26 heavy (non-hydrogen) atoms. The molecule has 0 bridgehead atoms. The number of halogens is 2. The largest absolute Gasteiger partial charge is 0.477 e. The molecular weight excluding hydrogens is 399 g/mol. The summed E-state index contributed by atoms with van der Waals surface area (Å²) < 4.78 is 0. The van der Waals surface area contributed by atoms with Gasteiger partial charge in [0.15, 0.2) is 0 Å². The zero-order valence-electron chi connectivity index (χ0n) is 14.3. The fourth-order valence-electron chi connectivity index (χ4n) is 3.09. The Hall–Kier alpha value is -1.35. The predicted octanol–water partition coefficient (Wildman–Crippen LogP) is 2.32. The first kappa shape index (κ1) is 19.4. The molecule has 0 aromatic carbocycles. The van der Waals surface area contributed by atoms with E-state index in [2.05, 4.69) is 20.5 Å². The number of rotatable bonds is 4. The van der Waals surface area contributed by atoms with Crippen LogP contribution >= 0.6 is 35.0 Å². The molecule has 2 aliphatic rings. The molecule has 3 heterocycles. The number of hydrogen-bond donors (Lipinski definition) is 4. The number of alkyl halides is 1. The van der Waals surface area contributed by atoms with Crippen LogP contribution in [0.4, 0.5) is 0 Å². The van der Waals surface area contributed by atoms with Crippen molar-refractivity contribution in [2.24, 2.45) is 0 Å². The molecule has 0 radical (unpaired) electrons. The zero-order valence-corrected chi connectivity index (χ0v) is 16.6. The number of carboxylic acid groups (broad SMARTS) is 1. The number of carbonyl (C=O) groups excluding carboxylic acids is 1. The topological polar surface area (TPSA) is 97.5 Å². The molecule has 3 rings (SSSR count). The average Bonchev–Trinajstić information content (AvgIpc) is 3.14. The second-order valence-corrected chi connectivity index (χ2v) is 8.94. The molecule has 142 valence electrons. The molecular formula is C16H20Cl2N4O3S. The summed E-state index contributed by atoms with van der Waals surface area (Å²) in [6.07, 6.45) is 2.18. The molecule has 1 fully saturated rings. The minimum Gasteiger partial charge on any atom is -0.477 e. The van der Waals surface area contributed by atoms with Crippen LogP contribution in [0.2, 0.25) is 5.02 Å². The third kappa shape index (κ3) is 3.83. The number of thioether (sulfide) groups is 1. The van der Waals surface area contributed by atoms with Crippen LogP contribution in [0.25, 0.3) is 0 Å². The summed E-state index contributed by atoms with van der Waals surface area (Å²) in [6, 6.07) is 1.42. The molecule has 1 aromatic heterocycles. The number of nitrogens with zero attached hydrogens (tertiary/aromatic N) is 1. The van der Waals surface area contributed by atoms with Crippen molar-refractivity contribution in [1.29, 1.82) is 0 Å². The van der Waals surface area contributed by atoms with E-state index in [0.29, 0.717) is 30.2 Å². The van der Waals surface area contributed by atoms with Crippen molar-refractivity contribution in [1.82, 2.24) is 20.5 Å². The van der Waals surface area contributed by atoms with Gasteiger partial charge in [0.1, 0.15) is 15.6 Å². The second-order valence-electron chi connectivity index (χ2n) is 6.53. The number of hydrogen-bond acceptors (Lipinski definition) is 5. The molecule has 0 saturated carbocycles. The van der Waals surface area contributed by atoms with Crippen molar-refractivity contribution < 1.29 is 14.7 Å². The number of carbonyl (C=O) groups is 2. The van der Waals surface area contributed by atoms with E-state index in [1.54, 1.807) is 13.0 Å². The molecule has 3 atom stereocenters. The summed E-state index contributed by atoms with van der Waals surface area (Å²) >= 11 is 13.8. The van der Waals surface area contributed by atoms with E-state index >= 15 is 0 Å². The van der Waals surface area contributed by atoms with Crippen LogP contribution in [0.1, 0.15) is 29.5 Å². The highest BCUT2D eigenvalue weighted by atomic mass is 35.5. The van der Waals surface area contributed by atoms with E-state index in [0.717, 1.165) is 5.69 Å². The number of aromatic amines is 1. The fraction of sp³-hybridized carbons (Fsp3) is 0.500. The van der Waals surface area contributed by atoms with Crippen molar-refractivity contribution in [3.8, 4) is 0 Å². The summed E-state index contributed by atoms with van der Waals surface area (Å²) in [5.74, 6) is -1.19. The van der Waals surface area contributed by atoms with Gasteiger partial charge in [0, 0.05) is 31.0 Å². The van der Waals surface area contributed by atoms with Gasteiger partial charge in [-0.3, -0.25) is 9.69 Å². The number of aliphatic carboxylic acids is 1. The van der Waals surface area contributed by atoms with Crippen LogP contribution in [0.3, 0.4) is 0 Å². The molecule has 0 spiro atoms. The van der Waals surface area contributed by atoms with Crippen LogP contribution in [0.15, 0.2) is 17.2 Å². The molecule has 3 unspecified atom stereocenters. The lowest BCUT2D eigenvalue weighted by Crippen LogP contribution is -2.60. The number of aryl methyl sites for hydroxylation is 1. The van der Waals surface area contributed by atoms with Crippen molar-refractivity contribution in [3.63, 3.8) is 0 Å². The smallest absolute Gasteiger partial charge is 0.343 e. The normalized spacial score (nSPS) is 29.2. The van der Waals surface area contributed by atoms with E-state index in [4.69, 9.17) is 28.3 Å². The van der Waals surface area contributed by atoms with Crippen LogP contribution in [0, 0.1) is 6.92 Å². The van der Waals surface area contributed by atoms with Crippen LogP contribution in [0.5, 0.6) is 0 Å². The Bertz CT molecular complexity index is 749. The van der Waals surface area contributed by atoms with Gasteiger partial charge < -0.3 is 20.7 Å². The average molecular weight is 419 g/mol. The monoisotopic (exact) mass is 418 g/mol. The number of aromatic nitrogens is 1. The maximum atomic E-state index is 12.4. The van der Waals surface area contributed by atoms with Crippen LogP contribution < -0.4 is 10.6 Å². The maximum Gasteiger partial charge on any atom is 0.343 e. The van der Waals surface area contributed by atoms with Gasteiger partial charge in [-0.2, -0.15) is 0 Å². The summed E-state index contributed by atoms with van der Waals surface area (Å²) in [6.45, 7) is 4.93. The first-order chi connectivity index (χ1) is 12.2. The quantitative estimate of drug-likeness (QED) is 0.560. The number of amides is 1. The Morgan fingerprint density at radius 3 is 2.77 bits per heavy atom. The first-order valence-corrected chi connectivity index (χ1v) is 9.78. The third-order valence-corrected chi connectivity index (χ3v) is 6.77. The summed E-state index contributed by atoms with van der Waals surface area (Å²) in [7, 11) is 0. The third-order valence-electron chi connectivity index (χ3n) is 4.65. The molecule has 4 N–H and O–H groups in total. The van der Waals surface area contributed by atoms with Gasteiger partial charge >= 0.3 is 5.97 Å². The van der Waals surface area contributed by atoms with Crippen molar-refractivity contribution >= 4 is 46.8 Å². The van der Waals surface area contributed by atoms with Gasteiger partial charge in [0.2, 0.25) is 0 Å². The highest BCUT2D eigenvalue weighted by Crippen LogP contribution is 2.39. The van der Waals surface area contributed by atoms with Gasteiger partial charge in [-0.25, -0.2) is 4.79 Å². The highest BCUT2D eigenvalue weighted by Gasteiger charge is 2.42. The van der Waals surface area contributed by atoms with Crippen molar-refractivity contribution in [2.75, 3.05) is 13.1 Å². The number of carboxylic acids is 1. The van der Waals surface area contributed by atoms with Gasteiger partial charge in [-0.05, 0) is 26.3 Å². The summed E-state index contributed by atoms with van der Waals surface area (Å²) in [5.41, 5.74) is 1.15. The van der Waals surface area contributed by atoms with Crippen LogP contribution in [-0.2, 0) is 4.79 Å². The number of piperidine rings is 1. The van der Waals surface area contributed by atoms with Gasteiger partial charge in [0.05, 0.1) is 10.4 Å². The van der Waals surface area contributed by atoms with E-state index in [1.165, 1.54) is 18.0 Å².